The predicted octanol–water partition coefficient (Wildman–Crippen LogP) is 2.87. The second-order valence-corrected chi connectivity index (χ2v) is 6.00. The molecule has 6 heteroatoms. The van der Waals surface area contributed by atoms with Crippen LogP contribution in [0.5, 0.6) is 5.75 Å². The summed E-state index contributed by atoms with van der Waals surface area (Å²) in [6.45, 7) is 4.79. The van der Waals surface area contributed by atoms with Crippen LogP contribution in [-0.2, 0) is 11.3 Å². The highest BCUT2D eigenvalue weighted by Gasteiger charge is 2.04. The molecule has 0 spiro atoms. The number of thioether (sulfide) groups is 1. The molecule has 0 bridgehead atoms. The van der Waals surface area contributed by atoms with Crippen molar-refractivity contribution in [2.45, 2.75) is 31.7 Å². The summed E-state index contributed by atoms with van der Waals surface area (Å²) in [6.07, 6.45) is 0.108. The normalized spacial score (nSPS) is 10.9. The number of aromatic nitrogens is 2. The van der Waals surface area contributed by atoms with Crippen LogP contribution in [0.3, 0.4) is 0 Å². The summed E-state index contributed by atoms with van der Waals surface area (Å²) < 4.78 is 11.1. The van der Waals surface area contributed by atoms with Gasteiger partial charge in [0, 0.05) is 11.8 Å². The molecule has 0 radical (unpaired) electrons. The van der Waals surface area contributed by atoms with E-state index < -0.39 is 0 Å². The van der Waals surface area contributed by atoms with E-state index in [0.717, 1.165) is 5.75 Å². The fourth-order valence-corrected chi connectivity index (χ4v) is 2.41. The first kappa shape index (κ1) is 16.6. The predicted molar refractivity (Wildman–Crippen MR) is 87.4 cm³/mol. The number of nitrogens with zero attached hydrogens (tertiary/aromatic N) is 1. The third-order valence-electron chi connectivity index (χ3n) is 2.67. The molecule has 5 nitrogen and oxygen atoms in total. The zero-order chi connectivity index (χ0) is 15.8. The molecule has 1 aromatic carbocycles. The average Bonchev–Trinajstić information content (AvgIpc) is 2.50. The Hall–Kier alpha value is -1.79. The number of aromatic amines is 1. The van der Waals surface area contributed by atoms with E-state index in [9.17, 15) is 4.79 Å². The van der Waals surface area contributed by atoms with E-state index in [4.69, 9.17) is 9.47 Å². The summed E-state index contributed by atoms with van der Waals surface area (Å²) >= 11 is 1.46. The van der Waals surface area contributed by atoms with Gasteiger partial charge in [0.15, 0.2) is 5.16 Å². The molecule has 1 aromatic heterocycles. The molecule has 0 fully saturated rings. The van der Waals surface area contributed by atoms with Crippen LogP contribution in [0, 0.1) is 0 Å². The molecule has 0 atom stereocenters. The van der Waals surface area contributed by atoms with E-state index in [-0.39, 0.29) is 11.7 Å². The van der Waals surface area contributed by atoms with Crippen LogP contribution in [0.1, 0.15) is 19.5 Å². The standard InChI is InChI=1S/C16H20N2O3S/c1-12(2)21-11-13-10-15(19)18-16(17-13)22-9-8-20-14-6-4-3-5-7-14/h3-7,10,12H,8-9,11H2,1-2H3,(H,17,18,19). The second kappa shape index (κ2) is 8.60. The first-order valence-corrected chi connectivity index (χ1v) is 8.14. The molecule has 1 N–H and O–H groups in total. The van der Waals surface area contributed by atoms with E-state index in [0.29, 0.717) is 29.8 Å². The summed E-state index contributed by atoms with van der Waals surface area (Å²) in [5.74, 6) is 1.54. The number of nitrogens with one attached hydrogen (secondary N) is 1. The van der Waals surface area contributed by atoms with E-state index in [1.54, 1.807) is 0 Å². The lowest BCUT2D eigenvalue weighted by atomic mass is 10.3. The monoisotopic (exact) mass is 320 g/mol. The van der Waals surface area contributed by atoms with Gasteiger partial charge in [-0.2, -0.15) is 0 Å². The Balaban J connectivity index is 1.83. The first-order valence-electron chi connectivity index (χ1n) is 7.16. The summed E-state index contributed by atoms with van der Waals surface area (Å²) in [5, 5.41) is 0.589. The van der Waals surface area contributed by atoms with Gasteiger partial charge in [-0.25, -0.2) is 4.98 Å². The van der Waals surface area contributed by atoms with E-state index in [2.05, 4.69) is 9.97 Å². The van der Waals surface area contributed by atoms with Crippen molar-refractivity contribution in [3.8, 4) is 5.75 Å². The molecule has 0 aliphatic heterocycles. The highest BCUT2D eigenvalue weighted by atomic mass is 32.2. The quantitative estimate of drug-likeness (QED) is 0.460. The van der Waals surface area contributed by atoms with Crippen molar-refractivity contribution in [1.29, 1.82) is 0 Å². The fourth-order valence-electron chi connectivity index (χ4n) is 1.69. The Morgan fingerprint density at radius 2 is 2.05 bits per heavy atom. The molecular formula is C16H20N2O3S. The maximum atomic E-state index is 11.6. The van der Waals surface area contributed by atoms with Gasteiger partial charge in [-0.05, 0) is 26.0 Å². The van der Waals surface area contributed by atoms with Crippen molar-refractivity contribution in [2.24, 2.45) is 0 Å². The summed E-state index contributed by atoms with van der Waals surface area (Å²) in [7, 11) is 0. The van der Waals surface area contributed by atoms with Crippen LogP contribution in [0.15, 0.2) is 46.3 Å². The molecule has 22 heavy (non-hydrogen) atoms. The minimum atomic E-state index is -0.163. The minimum absolute atomic E-state index is 0.108. The van der Waals surface area contributed by atoms with Crippen LogP contribution >= 0.6 is 11.8 Å². The highest BCUT2D eigenvalue weighted by Crippen LogP contribution is 2.13. The lowest BCUT2D eigenvalue weighted by molar-refractivity contribution is 0.0631. The van der Waals surface area contributed by atoms with Gasteiger partial charge in [-0.1, -0.05) is 30.0 Å². The molecule has 0 saturated carbocycles. The van der Waals surface area contributed by atoms with Gasteiger partial charge in [0.2, 0.25) is 0 Å². The van der Waals surface area contributed by atoms with Gasteiger partial charge in [0.1, 0.15) is 5.75 Å². The molecule has 1 heterocycles. The van der Waals surface area contributed by atoms with E-state index in [1.165, 1.54) is 17.8 Å². The van der Waals surface area contributed by atoms with Crippen molar-refractivity contribution in [2.75, 3.05) is 12.4 Å². The number of benzene rings is 1. The Kier molecular flexibility index (Phi) is 6.48. The number of para-hydroxylation sites is 1. The summed E-state index contributed by atoms with van der Waals surface area (Å²) in [5.41, 5.74) is 0.479. The van der Waals surface area contributed by atoms with Gasteiger partial charge < -0.3 is 14.5 Å². The topological polar surface area (TPSA) is 64.2 Å². The van der Waals surface area contributed by atoms with Crippen molar-refractivity contribution in [1.82, 2.24) is 9.97 Å². The Labute approximate surface area is 134 Å². The first-order chi connectivity index (χ1) is 10.6. The maximum absolute atomic E-state index is 11.6. The maximum Gasteiger partial charge on any atom is 0.251 e. The second-order valence-electron chi connectivity index (χ2n) is 4.91. The van der Waals surface area contributed by atoms with E-state index in [1.807, 2.05) is 44.2 Å². The van der Waals surface area contributed by atoms with Crippen LogP contribution in [-0.4, -0.2) is 28.4 Å². The van der Waals surface area contributed by atoms with Gasteiger partial charge in [0.25, 0.3) is 5.56 Å². The third-order valence-corrected chi connectivity index (χ3v) is 3.51. The Morgan fingerprint density at radius 1 is 1.27 bits per heavy atom. The molecule has 2 aromatic rings. The lowest BCUT2D eigenvalue weighted by Gasteiger charge is -2.08. The molecule has 0 amide bonds. The molecule has 0 aliphatic rings. The van der Waals surface area contributed by atoms with Crippen molar-refractivity contribution >= 4 is 11.8 Å². The summed E-state index contributed by atoms with van der Waals surface area (Å²) in [6, 6.07) is 11.1. The summed E-state index contributed by atoms with van der Waals surface area (Å²) in [4.78, 5) is 18.7. The fraction of sp³-hybridized carbons (Fsp3) is 0.375. The number of H-pyrrole nitrogens is 1. The zero-order valence-electron chi connectivity index (χ0n) is 12.7. The van der Waals surface area contributed by atoms with Gasteiger partial charge >= 0.3 is 0 Å². The van der Waals surface area contributed by atoms with Gasteiger partial charge in [0.05, 0.1) is 25.0 Å². The Morgan fingerprint density at radius 3 is 2.77 bits per heavy atom. The van der Waals surface area contributed by atoms with E-state index >= 15 is 0 Å². The number of rotatable bonds is 8. The molecule has 0 saturated heterocycles. The molecule has 2 rings (SSSR count). The molecular weight excluding hydrogens is 300 g/mol. The van der Waals surface area contributed by atoms with Crippen LogP contribution in [0.2, 0.25) is 0 Å². The van der Waals surface area contributed by atoms with Crippen LogP contribution < -0.4 is 10.3 Å². The minimum Gasteiger partial charge on any atom is -0.493 e. The van der Waals surface area contributed by atoms with Crippen molar-refractivity contribution < 1.29 is 9.47 Å². The number of ether oxygens (including phenoxy) is 2. The largest absolute Gasteiger partial charge is 0.493 e. The SMILES string of the molecule is CC(C)OCc1cc(=O)[nH]c(SCCOc2ccccc2)n1. The number of hydrogen-bond acceptors (Lipinski definition) is 5. The average molecular weight is 320 g/mol. The van der Waals surface area contributed by atoms with Crippen LogP contribution in [0.25, 0.3) is 0 Å². The number of hydrogen-bond donors (Lipinski definition) is 1. The molecule has 118 valence electrons. The third kappa shape index (κ3) is 5.91. The molecule has 0 unspecified atom stereocenters. The van der Waals surface area contributed by atoms with Gasteiger partial charge in [-0.3, -0.25) is 4.79 Å². The smallest absolute Gasteiger partial charge is 0.251 e. The zero-order valence-corrected chi connectivity index (χ0v) is 13.6. The lowest BCUT2D eigenvalue weighted by Crippen LogP contribution is -2.13. The molecule has 0 aliphatic carbocycles. The Bertz CT molecular complexity index is 629. The van der Waals surface area contributed by atoms with Crippen molar-refractivity contribution in [3.05, 3.63) is 52.4 Å². The van der Waals surface area contributed by atoms with Gasteiger partial charge in [-0.15, -0.1) is 0 Å². The highest BCUT2D eigenvalue weighted by molar-refractivity contribution is 7.99. The van der Waals surface area contributed by atoms with Crippen LogP contribution in [0.4, 0.5) is 0 Å². The van der Waals surface area contributed by atoms with Crippen molar-refractivity contribution in [3.63, 3.8) is 0 Å².